The molecule has 5 rings (SSSR count). The average molecular weight is 541 g/mol. The maximum absolute atomic E-state index is 14.0. The highest BCUT2D eigenvalue weighted by Crippen LogP contribution is 2.36. The van der Waals surface area contributed by atoms with Crippen molar-refractivity contribution in [1.29, 1.82) is 0 Å². The van der Waals surface area contributed by atoms with Crippen LogP contribution in [0.3, 0.4) is 0 Å². The van der Waals surface area contributed by atoms with Crippen LogP contribution >= 0.6 is 11.6 Å². The summed E-state index contributed by atoms with van der Waals surface area (Å²) < 4.78 is 1.85. The SMILES string of the molecule is CC(C)c1ccc(C2=NC(C)(C)CN2C(c2nc3cc(Cl)ccc3c(=O)n2Cc2ccccc2)C(C)C)cc1. The first-order chi connectivity index (χ1) is 18.5. The molecule has 3 aromatic carbocycles. The van der Waals surface area contributed by atoms with Gasteiger partial charge in [-0.3, -0.25) is 14.4 Å². The molecule has 2 heterocycles. The fourth-order valence-electron chi connectivity index (χ4n) is 5.51. The van der Waals surface area contributed by atoms with Crippen LogP contribution in [-0.2, 0) is 6.54 Å². The average Bonchev–Trinajstić information content (AvgIpc) is 3.21. The number of amidine groups is 1. The van der Waals surface area contributed by atoms with Crippen molar-refractivity contribution in [3.8, 4) is 0 Å². The van der Waals surface area contributed by atoms with Gasteiger partial charge >= 0.3 is 0 Å². The molecule has 1 unspecified atom stereocenters. The van der Waals surface area contributed by atoms with E-state index >= 15 is 0 Å². The molecule has 39 heavy (non-hydrogen) atoms. The molecule has 4 aromatic rings. The molecule has 0 aliphatic carbocycles. The Balaban J connectivity index is 1.69. The van der Waals surface area contributed by atoms with Gasteiger partial charge in [0, 0.05) is 17.1 Å². The van der Waals surface area contributed by atoms with Crippen molar-refractivity contribution in [2.75, 3.05) is 6.54 Å². The summed E-state index contributed by atoms with van der Waals surface area (Å²) in [7, 11) is 0. The molecule has 0 bridgehead atoms. The van der Waals surface area contributed by atoms with Crippen molar-refractivity contribution in [3.63, 3.8) is 0 Å². The fourth-order valence-corrected chi connectivity index (χ4v) is 5.68. The largest absolute Gasteiger partial charge is 0.344 e. The Morgan fingerprint density at radius 2 is 1.64 bits per heavy atom. The monoisotopic (exact) mass is 540 g/mol. The van der Waals surface area contributed by atoms with Crippen molar-refractivity contribution in [2.45, 2.75) is 65.6 Å². The second-order valence-electron chi connectivity index (χ2n) is 11.8. The normalized spacial score (nSPS) is 15.8. The van der Waals surface area contributed by atoms with Crippen LogP contribution in [0.15, 0.2) is 82.6 Å². The Kier molecular flexibility index (Phi) is 7.39. The fraction of sp³-hybridized carbons (Fsp3) is 0.364. The Morgan fingerprint density at radius 3 is 2.28 bits per heavy atom. The van der Waals surface area contributed by atoms with Gasteiger partial charge in [0.1, 0.15) is 11.7 Å². The molecule has 1 aromatic heterocycles. The maximum atomic E-state index is 14.0. The van der Waals surface area contributed by atoms with E-state index in [0.29, 0.717) is 28.4 Å². The van der Waals surface area contributed by atoms with E-state index < -0.39 is 0 Å². The molecule has 202 valence electrons. The molecule has 0 spiro atoms. The molecule has 1 atom stereocenters. The third-order valence-corrected chi connectivity index (χ3v) is 7.67. The van der Waals surface area contributed by atoms with Crippen LogP contribution in [0.2, 0.25) is 5.02 Å². The number of benzene rings is 3. The van der Waals surface area contributed by atoms with Gasteiger partial charge in [0.15, 0.2) is 0 Å². The van der Waals surface area contributed by atoms with E-state index in [9.17, 15) is 4.79 Å². The summed E-state index contributed by atoms with van der Waals surface area (Å²) in [5.41, 5.74) is 3.72. The zero-order chi connectivity index (χ0) is 27.9. The smallest absolute Gasteiger partial charge is 0.261 e. The summed E-state index contributed by atoms with van der Waals surface area (Å²) in [6.45, 7) is 14.3. The molecular formula is C33H37ClN4O. The highest BCUT2D eigenvalue weighted by molar-refractivity contribution is 6.31. The maximum Gasteiger partial charge on any atom is 0.261 e. The highest BCUT2D eigenvalue weighted by atomic mass is 35.5. The molecule has 6 heteroatoms. The third kappa shape index (κ3) is 5.51. The zero-order valence-electron chi connectivity index (χ0n) is 23.6. The molecule has 1 aliphatic rings. The van der Waals surface area contributed by atoms with Crippen molar-refractivity contribution in [3.05, 3.63) is 111 Å². The van der Waals surface area contributed by atoms with Crippen molar-refractivity contribution in [1.82, 2.24) is 14.5 Å². The van der Waals surface area contributed by atoms with E-state index in [1.807, 2.05) is 22.8 Å². The predicted molar refractivity (Wildman–Crippen MR) is 162 cm³/mol. The third-order valence-electron chi connectivity index (χ3n) is 7.44. The number of fused-ring (bicyclic) bond motifs is 1. The molecule has 1 aliphatic heterocycles. The van der Waals surface area contributed by atoms with Gasteiger partial charge in [0.25, 0.3) is 5.56 Å². The number of rotatable bonds is 7. The van der Waals surface area contributed by atoms with Gasteiger partial charge in [-0.1, -0.05) is 93.9 Å². The van der Waals surface area contributed by atoms with Gasteiger partial charge in [-0.2, -0.15) is 0 Å². The van der Waals surface area contributed by atoms with Gasteiger partial charge in [-0.15, -0.1) is 0 Å². The lowest BCUT2D eigenvalue weighted by molar-refractivity contribution is 0.225. The van der Waals surface area contributed by atoms with Crippen LogP contribution in [0, 0.1) is 5.92 Å². The van der Waals surface area contributed by atoms with Crippen LogP contribution < -0.4 is 5.56 Å². The van der Waals surface area contributed by atoms with Gasteiger partial charge in [-0.25, -0.2) is 4.98 Å². The summed E-state index contributed by atoms with van der Waals surface area (Å²) in [5.74, 6) is 2.30. The van der Waals surface area contributed by atoms with Gasteiger partial charge < -0.3 is 4.90 Å². The molecule has 0 radical (unpaired) electrons. The van der Waals surface area contributed by atoms with Crippen LogP contribution in [0.5, 0.6) is 0 Å². The van der Waals surface area contributed by atoms with Gasteiger partial charge in [0.2, 0.25) is 0 Å². The van der Waals surface area contributed by atoms with Crippen LogP contribution in [-0.4, -0.2) is 32.4 Å². The molecule has 0 amide bonds. The number of aliphatic imine (C=N–C) groups is 1. The molecule has 0 saturated heterocycles. The van der Waals surface area contributed by atoms with E-state index in [1.165, 1.54) is 5.56 Å². The Bertz CT molecular complexity index is 1570. The molecule has 0 fully saturated rings. The second kappa shape index (κ2) is 10.6. The van der Waals surface area contributed by atoms with Gasteiger partial charge in [-0.05, 0) is 55.0 Å². The first-order valence-corrected chi connectivity index (χ1v) is 14.1. The lowest BCUT2D eigenvalue weighted by Gasteiger charge is -2.35. The Hall–Kier alpha value is -3.44. The number of nitrogens with zero attached hydrogens (tertiary/aromatic N) is 4. The van der Waals surface area contributed by atoms with E-state index in [0.717, 1.165) is 29.3 Å². The lowest BCUT2D eigenvalue weighted by atomic mass is 9.97. The number of aromatic nitrogens is 2. The number of hydrogen-bond acceptors (Lipinski definition) is 4. The van der Waals surface area contributed by atoms with Gasteiger partial charge in [0.05, 0.1) is 29.0 Å². The molecule has 5 nitrogen and oxygen atoms in total. The van der Waals surface area contributed by atoms with Crippen molar-refractivity contribution in [2.24, 2.45) is 10.9 Å². The van der Waals surface area contributed by atoms with E-state index in [-0.39, 0.29) is 23.1 Å². The van der Waals surface area contributed by atoms with Crippen LogP contribution in [0.25, 0.3) is 10.9 Å². The zero-order valence-corrected chi connectivity index (χ0v) is 24.4. The minimum Gasteiger partial charge on any atom is -0.344 e. The summed E-state index contributed by atoms with van der Waals surface area (Å²) in [6, 6.07) is 24.0. The van der Waals surface area contributed by atoms with Crippen molar-refractivity contribution >= 4 is 28.3 Å². The quantitative estimate of drug-likeness (QED) is 0.244. The topological polar surface area (TPSA) is 50.5 Å². The van der Waals surface area contributed by atoms with E-state index in [2.05, 4.69) is 82.8 Å². The molecule has 0 N–H and O–H groups in total. The highest BCUT2D eigenvalue weighted by Gasteiger charge is 2.39. The first kappa shape index (κ1) is 27.1. The van der Waals surface area contributed by atoms with Crippen LogP contribution in [0.4, 0.5) is 0 Å². The predicted octanol–water partition coefficient (Wildman–Crippen LogP) is 7.46. The standard InChI is InChI=1S/C33H37ClN4O/c1-21(2)24-12-14-25(15-13-24)30-36-33(5,6)20-38(30)29(22(3)4)31-35-28-18-26(34)16-17-27(28)32(39)37(31)19-23-10-8-7-9-11-23/h7-18,21-22,29H,19-20H2,1-6H3. The van der Waals surface area contributed by atoms with E-state index in [4.69, 9.17) is 21.6 Å². The number of halogens is 1. The molecular weight excluding hydrogens is 504 g/mol. The summed E-state index contributed by atoms with van der Waals surface area (Å²) in [6.07, 6.45) is 0. The second-order valence-corrected chi connectivity index (χ2v) is 12.3. The minimum atomic E-state index is -0.274. The summed E-state index contributed by atoms with van der Waals surface area (Å²) >= 11 is 6.36. The van der Waals surface area contributed by atoms with Crippen LogP contribution in [0.1, 0.15) is 76.0 Å². The minimum absolute atomic E-state index is 0.0561. The van der Waals surface area contributed by atoms with E-state index in [1.54, 1.807) is 18.2 Å². The summed E-state index contributed by atoms with van der Waals surface area (Å²) in [5, 5.41) is 1.14. The summed E-state index contributed by atoms with van der Waals surface area (Å²) in [4.78, 5) is 26.7. The first-order valence-electron chi connectivity index (χ1n) is 13.7. The Morgan fingerprint density at radius 1 is 0.949 bits per heavy atom. The molecule has 0 saturated carbocycles. The Labute approximate surface area is 236 Å². The number of hydrogen-bond donors (Lipinski definition) is 0. The lowest BCUT2D eigenvalue weighted by Crippen LogP contribution is -2.42. The van der Waals surface area contributed by atoms with Crippen molar-refractivity contribution < 1.29 is 0 Å².